The van der Waals surface area contributed by atoms with Gasteiger partial charge in [0.25, 0.3) is 11.5 Å². The number of likely N-dealkylation sites (tertiary alicyclic amines) is 1. The number of amides is 2. The predicted molar refractivity (Wildman–Crippen MR) is 119 cm³/mol. The Bertz CT molecular complexity index is 1230. The first kappa shape index (κ1) is 21.5. The highest BCUT2D eigenvalue weighted by Crippen LogP contribution is 2.33. The predicted octanol–water partition coefficient (Wildman–Crippen LogP) is 3.38. The third kappa shape index (κ3) is 4.34. The van der Waals surface area contributed by atoms with Crippen molar-refractivity contribution >= 4 is 17.6 Å². The normalized spacial score (nSPS) is 15.7. The molecule has 1 aromatic carbocycles. The summed E-state index contributed by atoms with van der Waals surface area (Å²) in [5.41, 5.74) is 3.03. The van der Waals surface area contributed by atoms with Crippen LogP contribution in [0.2, 0.25) is 0 Å². The van der Waals surface area contributed by atoms with Gasteiger partial charge in [-0.3, -0.25) is 14.4 Å². The maximum Gasteiger partial charge on any atom is 0.263 e. The Kier molecular flexibility index (Phi) is 5.94. The summed E-state index contributed by atoms with van der Waals surface area (Å²) >= 11 is 0. The average molecular weight is 434 g/mol. The minimum Gasteiger partial charge on any atom is -0.360 e. The molecule has 3 aromatic rings. The van der Waals surface area contributed by atoms with Gasteiger partial charge in [0.15, 0.2) is 5.82 Å². The molecule has 0 saturated carbocycles. The summed E-state index contributed by atoms with van der Waals surface area (Å²) in [6.07, 6.45) is 3.23. The largest absolute Gasteiger partial charge is 0.360 e. The van der Waals surface area contributed by atoms with Crippen molar-refractivity contribution in [3.8, 4) is 0 Å². The number of nitrogens with one attached hydrogen (secondary N) is 1. The molecule has 0 spiro atoms. The second-order valence-electron chi connectivity index (χ2n) is 8.23. The molecule has 166 valence electrons. The first-order chi connectivity index (χ1) is 15.3. The lowest BCUT2D eigenvalue weighted by molar-refractivity contribution is -0.116. The van der Waals surface area contributed by atoms with E-state index in [0.717, 1.165) is 18.4 Å². The molecule has 8 heteroatoms. The molecule has 1 saturated heterocycles. The Labute approximate surface area is 185 Å². The van der Waals surface area contributed by atoms with Gasteiger partial charge in [-0.15, -0.1) is 0 Å². The number of nitrogens with zero attached hydrogens (tertiary/aromatic N) is 3. The molecule has 1 fully saturated rings. The summed E-state index contributed by atoms with van der Waals surface area (Å²) in [4.78, 5) is 40.4. The number of benzene rings is 1. The van der Waals surface area contributed by atoms with E-state index in [2.05, 4.69) is 42.5 Å². The summed E-state index contributed by atoms with van der Waals surface area (Å²) in [6.45, 7) is 6.19. The van der Waals surface area contributed by atoms with Gasteiger partial charge in [-0.2, -0.15) is 0 Å². The summed E-state index contributed by atoms with van der Waals surface area (Å²) in [5.74, 6) is 0.104. The average Bonchev–Trinajstić information content (AvgIpc) is 3.40. The molecule has 0 aliphatic carbocycles. The van der Waals surface area contributed by atoms with Crippen LogP contribution in [0.4, 0.5) is 5.82 Å². The van der Waals surface area contributed by atoms with Crippen LogP contribution in [0.3, 0.4) is 0 Å². The number of carbonyl (C=O) groups is 2. The first-order valence-corrected chi connectivity index (χ1v) is 10.6. The van der Waals surface area contributed by atoms with Crippen molar-refractivity contribution in [1.82, 2.24) is 14.6 Å². The molecule has 1 unspecified atom stereocenters. The third-order valence-corrected chi connectivity index (χ3v) is 5.89. The van der Waals surface area contributed by atoms with E-state index in [9.17, 15) is 14.4 Å². The lowest BCUT2D eigenvalue weighted by Gasteiger charge is -2.25. The smallest absolute Gasteiger partial charge is 0.263 e. The number of anilines is 1. The number of aromatic nitrogens is 2. The number of hydrogen-bond donors (Lipinski definition) is 1. The standard InChI is InChI=1S/C24H26N4O4/c1-15-8-9-18(12-16(15)2)20-7-5-11-28(20)24(31)19-6-4-10-27(23(19)30)14-22(29)25-21-13-17(3)32-26-21/h4,6,8-10,12-13,20H,5,7,11,14H2,1-3H3,(H,25,26,29). The fourth-order valence-electron chi connectivity index (χ4n) is 4.07. The zero-order valence-corrected chi connectivity index (χ0v) is 18.4. The number of carbonyl (C=O) groups excluding carboxylic acids is 2. The molecule has 1 aliphatic heterocycles. The molecule has 3 heterocycles. The maximum absolute atomic E-state index is 13.3. The molecule has 0 radical (unpaired) electrons. The van der Waals surface area contributed by atoms with E-state index in [1.165, 1.54) is 28.0 Å². The molecule has 8 nitrogen and oxygen atoms in total. The fourth-order valence-corrected chi connectivity index (χ4v) is 4.07. The van der Waals surface area contributed by atoms with Gasteiger partial charge in [0.1, 0.15) is 17.9 Å². The van der Waals surface area contributed by atoms with Crippen molar-refractivity contribution in [2.75, 3.05) is 11.9 Å². The van der Waals surface area contributed by atoms with Gasteiger partial charge in [-0.05, 0) is 62.4 Å². The van der Waals surface area contributed by atoms with E-state index in [0.29, 0.717) is 12.3 Å². The SMILES string of the molecule is Cc1cc(NC(=O)Cn2cccc(C(=O)N3CCCC3c3ccc(C)c(C)c3)c2=O)no1. The molecular formula is C24H26N4O4. The summed E-state index contributed by atoms with van der Waals surface area (Å²) in [7, 11) is 0. The Balaban J connectivity index is 1.54. The molecule has 4 rings (SSSR count). The summed E-state index contributed by atoms with van der Waals surface area (Å²) in [6, 6.07) is 10.9. The molecule has 2 aromatic heterocycles. The van der Waals surface area contributed by atoms with Gasteiger partial charge in [0.05, 0.1) is 6.04 Å². The Morgan fingerprint density at radius 3 is 2.69 bits per heavy atom. The zero-order chi connectivity index (χ0) is 22.8. The highest BCUT2D eigenvalue weighted by Gasteiger charge is 2.32. The Hall–Kier alpha value is -3.68. The highest BCUT2D eigenvalue weighted by molar-refractivity contribution is 5.94. The van der Waals surface area contributed by atoms with Gasteiger partial charge in [-0.25, -0.2) is 0 Å². The Morgan fingerprint density at radius 2 is 1.97 bits per heavy atom. The summed E-state index contributed by atoms with van der Waals surface area (Å²) in [5, 5.41) is 6.29. The van der Waals surface area contributed by atoms with Crippen molar-refractivity contribution in [3.05, 3.63) is 81.0 Å². The van der Waals surface area contributed by atoms with Crippen LogP contribution in [-0.2, 0) is 11.3 Å². The van der Waals surface area contributed by atoms with Gasteiger partial charge < -0.3 is 19.3 Å². The van der Waals surface area contributed by atoms with Gasteiger partial charge in [0, 0.05) is 18.8 Å². The van der Waals surface area contributed by atoms with Crippen LogP contribution in [0.5, 0.6) is 0 Å². The van der Waals surface area contributed by atoms with Gasteiger partial charge >= 0.3 is 0 Å². The van der Waals surface area contributed by atoms with E-state index in [1.54, 1.807) is 24.0 Å². The topological polar surface area (TPSA) is 97.4 Å². The van der Waals surface area contributed by atoms with Crippen LogP contribution in [0.1, 0.15) is 51.7 Å². The van der Waals surface area contributed by atoms with Crippen LogP contribution in [0.25, 0.3) is 0 Å². The second kappa shape index (κ2) is 8.82. The van der Waals surface area contributed by atoms with E-state index in [-0.39, 0.29) is 29.9 Å². The van der Waals surface area contributed by atoms with Crippen LogP contribution in [0.15, 0.2) is 51.9 Å². The van der Waals surface area contributed by atoms with Crippen molar-refractivity contribution in [2.24, 2.45) is 0 Å². The van der Waals surface area contributed by atoms with E-state index < -0.39 is 11.5 Å². The van der Waals surface area contributed by atoms with E-state index in [1.807, 2.05) is 0 Å². The minimum atomic E-state index is -0.491. The quantitative estimate of drug-likeness (QED) is 0.664. The van der Waals surface area contributed by atoms with Crippen molar-refractivity contribution in [2.45, 2.75) is 46.2 Å². The van der Waals surface area contributed by atoms with Gasteiger partial charge in [0.2, 0.25) is 5.91 Å². The van der Waals surface area contributed by atoms with Crippen molar-refractivity contribution in [1.29, 1.82) is 0 Å². The number of aryl methyl sites for hydroxylation is 3. The van der Waals surface area contributed by atoms with Crippen LogP contribution in [-0.4, -0.2) is 33.0 Å². The minimum absolute atomic E-state index is 0.0615. The number of hydrogen-bond acceptors (Lipinski definition) is 5. The zero-order valence-electron chi connectivity index (χ0n) is 18.4. The maximum atomic E-state index is 13.3. The van der Waals surface area contributed by atoms with Gasteiger partial charge in [-0.1, -0.05) is 23.4 Å². The fraction of sp³-hybridized carbons (Fsp3) is 0.333. The van der Waals surface area contributed by atoms with Crippen LogP contribution < -0.4 is 10.9 Å². The lowest BCUT2D eigenvalue weighted by atomic mass is 9.99. The monoisotopic (exact) mass is 434 g/mol. The number of pyridine rings is 1. The highest BCUT2D eigenvalue weighted by atomic mass is 16.5. The molecule has 1 atom stereocenters. The van der Waals surface area contributed by atoms with Crippen molar-refractivity contribution < 1.29 is 14.1 Å². The molecule has 1 aliphatic rings. The van der Waals surface area contributed by atoms with Crippen molar-refractivity contribution in [3.63, 3.8) is 0 Å². The van der Waals surface area contributed by atoms with E-state index in [4.69, 9.17) is 4.52 Å². The van der Waals surface area contributed by atoms with Crippen LogP contribution >= 0.6 is 0 Å². The molecule has 1 N–H and O–H groups in total. The Morgan fingerprint density at radius 1 is 1.16 bits per heavy atom. The van der Waals surface area contributed by atoms with E-state index >= 15 is 0 Å². The molecular weight excluding hydrogens is 408 g/mol. The molecule has 0 bridgehead atoms. The number of rotatable bonds is 5. The van der Waals surface area contributed by atoms with Crippen LogP contribution in [0, 0.1) is 20.8 Å². The second-order valence-corrected chi connectivity index (χ2v) is 8.23. The molecule has 32 heavy (non-hydrogen) atoms. The lowest BCUT2D eigenvalue weighted by Crippen LogP contribution is -2.37. The molecule has 2 amide bonds. The third-order valence-electron chi connectivity index (χ3n) is 5.89. The first-order valence-electron chi connectivity index (χ1n) is 10.6. The summed E-state index contributed by atoms with van der Waals surface area (Å²) < 4.78 is 6.16.